The van der Waals surface area contributed by atoms with E-state index in [1.54, 1.807) is 11.8 Å². The van der Waals surface area contributed by atoms with Crippen molar-refractivity contribution < 1.29 is 4.79 Å². The average molecular weight is 305 g/mol. The van der Waals surface area contributed by atoms with Crippen LogP contribution in [0.2, 0.25) is 0 Å². The number of carbonyl (C=O) groups excluding carboxylic acids is 1. The second kappa shape index (κ2) is 5.89. The molecule has 0 bridgehead atoms. The largest absolute Gasteiger partial charge is 0.382 e. The standard InChI is InChI=1S/C16H23N3OS/c1-10-8-19(3)11(2)6-13(10)17-12-4-5-15-14(7-12)18-16(20)9-21-15/h4-5,7,10-11,13,17H,6,8-9H2,1-3H3,(H,18,20). The molecule has 1 aromatic carbocycles. The number of thioether (sulfide) groups is 1. The molecule has 114 valence electrons. The van der Waals surface area contributed by atoms with Crippen LogP contribution in [0.1, 0.15) is 20.3 Å². The highest BCUT2D eigenvalue weighted by Gasteiger charge is 2.29. The zero-order valence-corrected chi connectivity index (χ0v) is 13.7. The lowest BCUT2D eigenvalue weighted by Gasteiger charge is -2.40. The topological polar surface area (TPSA) is 44.4 Å². The Morgan fingerprint density at radius 2 is 2.19 bits per heavy atom. The average Bonchev–Trinajstić information content (AvgIpc) is 2.44. The summed E-state index contributed by atoms with van der Waals surface area (Å²) in [5.74, 6) is 1.22. The number of anilines is 2. The number of hydrogen-bond acceptors (Lipinski definition) is 4. The van der Waals surface area contributed by atoms with Gasteiger partial charge in [0.15, 0.2) is 0 Å². The molecule has 3 unspecified atom stereocenters. The summed E-state index contributed by atoms with van der Waals surface area (Å²) in [6, 6.07) is 7.38. The van der Waals surface area contributed by atoms with Crippen molar-refractivity contribution in [3.8, 4) is 0 Å². The van der Waals surface area contributed by atoms with Crippen molar-refractivity contribution in [1.29, 1.82) is 0 Å². The van der Waals surface area contributed by atoms with Crippen molar-refractivity contribution in [2.45, 2.75) is 37.2 Å². The zero-order valence-electron chi connectivity index (χ0n) is 12.8. The molecule has 1 fully saturated rings. The Hall–Kier alpha value is -1.20. The van der Waals surface area contributed by atoms with Crippen LogP contribution in [-0.2, 0) is 4.79 Å². The van der Waals surface area contributed by atoms with Crippen molar-refractivity contribution in [3.63, 3.8) is 0 Å². The number of likely N-dealkylation sites (tertiary alicyclic amines) is 1. The van der Waals surface area contributed by atoms with E-state index >= 15 is 0 Å². The van der Waals surface area contributed by atoms with Gasteiger partial charge in [0.25, 0.3) is 0 Å². The maximum atomic E-state index is 11.5. The molecule has 5 heteroatoms. The van der Waals surface area contributed by atoms with E-state index in [0.717, 1.165) is 29.2 Å². The van der Waals surface area contributed by atoms with E-state index in [1.807, 2.05) is 0 Å². The SMILES string of the molecule is CC1CN(C)C(C)CC1Nc1ccc2c(c1)NC(=O)CS2. The third-order valence-corrected chi connectivity index (χ3v) is 5.65. The summed E-state index contributed by atoms with van der Waals surface area (Å²) in [5, 5.41) is 6.62. The molecule has 2 aliphatic rings. The molecule has 0 spiro atoms. The molecule has 0 aromatic heterocycles. The number of hydrogen-bond donors (Lipinski definition) is 2. The Bertz CT molecular complexity index is 548. The van der Waals surface area contributed by atoms with Gasteiger partial charge in [-0.2, -0.15) is 0 Å². The number of nitrogens with one attached hydrogen (secondary N) is 2. The number of piperidine rings is 1. The fraction of sp³-hybridized carbons (Fsp3) is 0.562. The number of benzene rings is 1. The summed E-state index contributed by atoms with van der Waals surface area (Å²) < 4.78 is 0. The van der Waals surface area contributed by atoms with Gasteiger partial charge in [0, 0.05) is 29.2 Å². The van der Waals surface area contributed by atoms with Gasteiger partial charge in [0.05, 0.1) is 11.4 Å². The lowest BCUT2D eigenvalue weighted by molar-refractivity contribution is -0.113. The molecular weight excluding hydrogens is 282 g/mol. The number of nitrogens with zero attached hydrogens (tertiary/aromatic N) is 1. The maximum Gasteiger partial charge on any atom is 0.234 e. The van der Waals surface area contributed by atoms with Gasteiger partial charge in [-0.05, 0) is 44.5 Å². The van der Waals surface area contributed by atoms with Gasteiger partial charge in [0.1, 0.15) is 0 Å². The van der Waals surface area contributed by atoms with Crippen molar-refractivity contribution in [1.82, 2.24) is 4.90 Å². The first kappa shape index (κ1) is 14.7. The molecule has 1 amide bonds. The number of rotatable bonds is 2. The maximum absolute atomic E-state index is 11.5. The molecule has 4 nitrogen and oxygen atoms in total. The Labute approximate surface area is 130 Å². The number of carbonyl (C=O) groups is 1. The van der Waals surface area contributed by atoms with E-state index in [9.17, 15) is 4.79 Å². The van der Waals surface area contributed by atoms with Gasteiger partial charge in [-0.15, -0.1) is 11.8 Å². The predicted molar refractivity (Wildman–Crippen MR) is 89.1 cm³/mol. The Kier molecular flexibility index (Phi) is 4.13. The second-order valence-electron chi connectivity index (χ2n) is 6.30. The van der Waals surface area contributed by atoms with E-state index in [4.69, 9.17) is 0 Å². The predicted octanol–water partition coefficient (Wildman–Crippen LogP) is 2.87. The van der Waals surface area contributed by atoms with Gasteiger partial charge in [-0.25, -0.2) is 0 Å². The van der Waals surface area contributed by atoms with Crippen LogP contribution in [0, 0.1) is 5.92 Å². The molecule has 3 atom stereocenters. The Balaban J connectivity index is 1.73. The van der Waals surface area contributed by atoms with Crippen LogP contribution in [-0.4, -0.2) is 42.2 Å². The van der Waals surface area contributed by atoms with Crippen LogP contribution in [0.3, 0.4) is 0 Å². The molecule has 0 radical (unpaired) electrons. The van der Waals surface area contributed by atoms with E-state index in [-0.39, 0.29) is 5.91 Å². The molecular formula is C16H23N3OS. The fourth-order valence-electron chi connectivity index (χ4n) is 3.13. The summed E-state index contributed by atoms with van der Waals surface area (Å²) >= 11 is 1.61. The van der Waals surface area contributed by atoms with E-state index in [0.29, 0.717) is 23.8 Å². The number of amides is 1. The Morgan fingerprint density at radius 1 is 1.38 bits per heavy atom. The molecule has 21 heavy (non-hydrogen) atoms. The Morgan fingerprint density at radius 3 is 3.00 bits per heavy atom. The highest BCUT2D eigenvalue weighted by atomic mass is 32.2. The summed E-state index contributed by atoms with van der Waals surface area (Å²) in [6.07, 6.45) is 1.15. The molecule has 0 aliphatic carbocycles. The molecule has 2 heterocycles. The second-order valence-corrected chi connectivity index (χ2v) is 7.32. The van der Waals surface area contributed by atoms with Gasteiger partial charge in [0.2, 0.25) is 5.91 Å². The highest BCUT2D eigenvalue weighted by Crippen LogP contribution is 2.34. The van der Waals surface area contributed by atoms with Crippen LogP contribution in [0.15, 0.2) is 23.1 Å². The number of fused-ring (bicyclic) bond motifs is 1. The van der Waals surface area contributed by atoms with Crippen LogP contribution in [0.4, 0.5) is 11.4 Å². The first-order valence-corrected chi connectivity index (χ1v) is 8.55. The van der Waals surface area contributed by atoms with E-state index in [2.05, 4.69) is 54.6 Å². The first-order chi connectivity index (χ1) is 10.0. The van der Waals surface area contributed by atoms with E-state index in [1.165, 1.54) is 0 Å². The van der Waals surface area contributed by atoms with Crippen molar-refractivity contribution in [3.05, 3.63) is 18.2 Å². The van der Waals surface area contributed by atoms with Crippen LogP contribution in [0.25, 0.3) is 0 Å². The van der Waals surface area contributed by atoms with Gasteiger partial charge in [-0.1, -0.05) is 6.92 Å². The third kappa shape index (κ3) is 3.19. The summed E-state index contributed by atoms with van der Waals surface area (Å²) in [7, 11) is 2.20. The third-order valence-electron chi connectivity index (χ3n) is 4.57. The minimum Gasteiger partial charge on any atom is -0.382 e. The van der Waals surface area contributed by atoms with E-state index < -0.39 is 0 Å². The monoisotopic (exact) mass is 305 g/mol. The summed E-state index contributed by atoms with van der Waals surface area (Å²) in [6.45, 7) is 5.71. The molecule has 3 rings (SSSR count). The van der Waals surface area contributed by atoms with Gasteiger partial charge >= 0.3 is 0 Å². The first-order valence-electron chi connectivity index (χ1n) is 7.56. The normalized spacial score (nSPS) is 29.7. The smallest absolute Gasteiger partial charge is 0.234 e. The van der Waals surface area contributed by atoms with Crippen molar-refractivity contribution in [2.75, 3.05) is 30.0 Å². The van der Waals surface area contributed by atoms with Crippen molar-refractivity contribution >= 4 is 29.0 Å². The van der Waals surface area contributed by atoms with Gasteiger partial charge in [-0.3, -0.25) is 4.79 Å². The van der Waals surface area contributed by atoms with Crippen LogP contribution < -0.4 is 10.6 Å². The minimum absolute atomic E-state index is 0.0888. The van der Waals surface area contributed by atoms with Crippen LogP contribution >= 0.6 is 11.8 Å². The molecule has 0 saturated carbocycles. The summed E-state index contributed by atoms with van der Waals surface area (Å²) in [5.41, 5.74) is 2.04. The van der Waals surface area contributed by atoms with Gasteiger partial charge < -0.3 is 15.5 Å². The fourth-order valence-corrected chi connectivity index (χ4v) is 3.92. The van der Waals surface area contributed by atoms with Crippen molar-refractivity contribution in [2.24, 2.45) is 5.92 Å². The lowest BCUT2D eigenvalue weighted by atomic mass is 9.89. The molecule has 1 aromatic rings. The highest BCUT2D eigenvalue weighted by molar-refractivity contribution is 8.00. The lowest BCUT2D eigenvalue weighted by Crippen LogP contribution is -2.48. The minimum atomic E-state index is 0.0888. The molecule has 1 saturated heterocycles. The van der Waals surface area contributed by atoms with Crippen LogP contribution in [0.5, 0.6) is 0 Å². The molecule has 2 aliphatic heterocycles. The molecule has 2 N–H and O–H groups in total. The zero-order chi connectivity index (χ0) is 15.0. The summed E-state index contributed by atoms with van der Waals surface area (Å²) in [4.78, 5) is 15.1. The quantitative estimate of drug-likeness (QED) is 0.882.